The van der Waals surface area contributed by atoms with Crippen LogP contribution in [0.5, 0.6) is 0 Å². The van der Waals surface area contributed by atoms with E-state index in [4.69, 9.17) is 37.9 Å². The second kappa shape index (κ2) is 10.1. The Bertz CT molecular complexity index is 655. The average Bonchev–Trinajstić information content (AvgIpc) is 2.64. The largest absolute Gasteiger partial charge is 0.481 e. The van der Waals surface area contributed by atoms with Crippen LogP contribution in [0.4, 0.5) is 0 Å². The molecule has 0 amide bonds. The highest BCUT2D eigenvalue weighted by Gasteiger charge is 2.39. The van der Waals surface area contributed by atoms with Gasteiger partial charge in [-0.15, -0.1) is 0 Å². The van der Waals surface area contributed by atoms with E-state index in [9.17, 15) is 9.90 Å². The van der Waals surface area contributed by atoms with Crippen LogP contribution in [0.25, 0.3) is 0 Å². The molecule has 2 unspecified atom stereocenters. The van der Waals surface area contributed by atoms with Crippen LogP contribution in [0.15, 0.2) is 18.2 Å². The Labute approximate surface area is 163 Å². The van der Waals surface area contributed by atoms with Gasteiger partial charge in [-0.05, 0) is 56.2 Å². The van der Waals surface area contributed by atoms with Crippen molar-refractivity contribution in [1.29, 1.82) is 5.26 Å². The number of nitriles is 1. The smallest absolute Gasteiger partial charge is 0.314 e. The standard InChI is InChI=1S/C19H23Cl2NO4/c20-15-7-6-14(13-16(15)21)19(18(23)24,8-3-10-22)9-4-12-26-17-5-1-2-11-25-17/h6-7,13,17H,1-5,8-9,11-12H2,(H,23,24). The molecule has 2 atom stereocenters. The zero-order valence-corrected chi connectivity index (χ0v) is 16.1. The third-order valence-electron chi connectivity index (χ3n) is 4.73. The van der Waals surface area contributed by atoms with Crippen molar-refractivity contribution in [1.82, 2.24) is 0 Å². The number of carboxylic acids is 1. The minimum Gasteiger partial charge on any atom is -0.481 e. The lowest BCUT2D eigenvalue weighted by Crippen LogP contribution is -2.36. The number of hydrogen-bond donors (Lipinski definition) is 1. The zero-order chi connectivity index (χ0) is 19.0. The number of nitrogens with zero attached hydrogens (tertiary/aromatic N) is 1. The van der Waals surface area contributed by atoms with Crippen molar-refractivity contribution in [2.45, 2.75) is 56.7 Å². The molecule has 1 N–H and O–H groups in total. The van der Waals surface area contributed by atoms with Gasteiger partial charge in [-0.2, -0.15) is 5.26 Å². The number of rotatable bonds is 9. The molecule has 5 nitrogen and oxygen atoms in total. The fraction of sp³-hybridized carbons (Fsp3) is 0.579. The van der Waals surface area contributed by atoms with Gasteiger partial charge in [-0.1, -0.05) is 29.3 Å². The van der Waals surface area contributed by atoms with Gasteiger partial charge >= 0.3 is 5.97 Å². The number of carbonyl (C=O) groups is 1. The Hall–Kier alpha value is -1.32. The Morgan fingerprint density at radius 2 is 2.15 bits per heavy atom. The molecule has 0 spiro atoms. The number of hydrogen-bond acceptors (Lipinski definition) is 4. The predicted octanol–water partition coefficient (Wildman–Crippen LogP) is 4.94. The minimum absolute atomic E-state index is 0.138. The minimum atomic E-state index is -1.19. The summed E-state index contributed by atoms with van der Waals surface area (Å²) in [5, 5.41) is 19.6. The van der Waals surface area contributed by atoms with Crippen molar-refractivity contribution < 1.29 is 19.4 Å². The molecule has 7 heteroatoms. The van der Waals surface area contributed by atoms with Crippen molar-refractivity contribution in [3.05, 3.63) is 33.8 Å². The van der Waals surface area contributed by atoms with Gasteiger partial charge in [0, 0.05) is 19.6 Å². The summed E-state index contributed by atoms with van der Waals surface area (Å²) in [6, 6.07) is 6.89. The van der Waals surface area contributed by atoms with E-state index >= 15 is 0 Å². The number of benzene rings is 1. The molecule has 1 fully saturated rings. The van der Waals surface area contributed by atoms with Gasteiger partial charge in [0.25, 0.3) is 0 Å². The first-order chi connectivity index (χ1) is 12.5. The fourth-order valence-corrected chi connectivity index (χ4v) is 3.54. The summed E-state index contributed by atoms with van der Waals surface area (Å²) in [5.41, 5.74) is -0.635. The third kappa shape index (κ3) is 5.34. The van der Waals surface area contributed by atoms with Crippen LogP contribution in [0.3, 0.4) is 0 Å². The lowest BCUT2D eigenvalue weighted by atomic mass is 9.73. The van der Waals surface area contributed by atoms with Crippen LogP contribution < -0.4 is 0 Å². The van der Waals surface area contributed by atoms with Crippen LogP contribution in [-0.2, 0) is 19.7 Å². The molecular weight excluding hydrogens is 377 g/mol. The SMILES string of the molecule is N#CCCC(CCCOC1CCCCO1)(C(=O)O)c1ccc(Cl)c(Cl)c1. The Morgan fingerprint density at radius 3 is 2.77 bits per heavy atom. The highest BCUT2D eigenvalue weighted by atomic mass is 35.5. The number of halogens is 2. The predicted molar refractivity (Wildman–Crippen MR) is 99.4 cm³/mol. The summed E-state index contributed by atoms with van der Waals surface area (Å²) in [6.45, 7) is 1.11. The summed E-state index contributed by atoms with van der Waals surface area (Å²) >= 11 is 12.1. The molecule has 1 aliphatic heterocycles. The van der Waals surface area contributed by atoms with E-state index in [0.29, 0.717) is 41.7 Å². The van der Waals surface area contributed by atoms with Gasteiger partial charge in [0.05, 0.1) is 21.5 Å². The van der Waals surface area contributed by atoms with Crippen LogP contribution in [0.2, 0.25) is 10.0 Å². The van der Waals surface area contributed by atoms with Crippen LogP contribution in [0.1, 0.15) is 50.5 Å². The molecule has 1 heterocycles. The summed E-state index contributed by atoms with van der Waals surface area (Å²) < 4.78 is 11.2. The second-order valence-electron chi connectivity index (χ2n) is 6.44. The van der Waals surface area contributed by atoms with Gasteiger partial charge in [0.2, 0.25) is 0 Å². The lowest BCUT2D eigenvalue weighted by Gasteiger charge is -2.30. The molecule has 1 aromatic carbocycles. The molecule has 0 saturated carbocycles. The van der Waals surface area contributed by atoms with Crippen molar-refractivity contribution in [3.8, 4) is 6.07 Å². The zero-order valence-electron chi connectivity index (χ0n) is 14.5. The molecule has 2 rings (SSSR count). The normalized spacial score (nSPS) is 19.5. The molecule has 1 saturated heterocycles. The Kier molecular flexibility index (Phi) is 8.17. The molecule has 0 aliphatic carbocycles. The van der Waals surface area contributed by atoms with Gasteiger partial charge < -0.3 is 14.6 Å². The number of ether oxygens (including phenoxy) is 2. The first-order valence-electron chi connectivity index (χ1n) is 8.78. The molecular formula is C19H23Cl2NO4. The Morgan fingerprint density at radius 1 is 1.35 bits per heavy atom. The average molecular weight is 400 g/mol. The maximum absolute atomic E-state index is 12.2. The summed E-state index contributed by atoms with van der Waals surface area (Å²) in [5.74, 6) is -0.972. The van der Waals surface area contributed by atoms with Crippen molar-refractivity contribution in [2.75, 3.05) is 13.2 Å². The van der Waals surface area contributed by atoms with E-state index in [-0.39, 0.29) is 19.1 Å². The first kappa shape index (κ1) is 21.0. The molecule has 1 aliphatic rings. The van der Waals surface area contributed by atoms with Crippen molar-refractivity contribution >= 4 is 29.2 Å². The monoisotopic (exact) mass is 399 g/mol. The maximum atomic E-state index is 12.2. The van der Waals surface area contributed by atoms with Crippen LogP contribution in [0, 0.1) is 11.3 Å². The van der Waals surface area contributed by atoms with Gasteiger partial charge in [0.15, 0.2) is 6.29 Å². The topological polar surface area (TPSA) is 79.5 Å². The van der Waals surface area contributed by atoms with Gasteiger partial charge in [0.1, 0.15) is 0 Å². The lowest BCUT2D eigenvalue weighted by molar-refractivity contribution is -0.163. The molecule has 0 bridgehead atoms. The van der Waals surface area contributed by atoms with Gasteiger partial charge in [-0.3, -0.25) is 4.79 Å². The van der Waals surface area contributed by atoms with E-state index in [1.165, 1.54) is 0 Å². The van der Waals surface area contributed by atoms with Gasteiger partial charge in [-0.25, -0.2) is 0 Å². The second-order valence-corrected chi connectivity index (χ2v) is 7.26. The number of carboxylic acid groups (broad SMARTS) is 1. The highest BCUT2D eigenvalue weighted by Crippen LogP contribution is 2.37. The summed E-state index contributed by atoms with van der Waals surface area (Å²) in [4.78, 5) is 12.2. The van der Waals surface area contributed by atoms with Crippen LogP contribution >= 0.6 is 23.2 Å². The van der Waals surface area contributed by atoms with E-state index in [1.54, 1.807) is 18.2 Å². The third-order valence-corrected chi connectivity index (χ3v) is 5.47. The fourth-order valence-electron chi connectivity index (χ4n) is 3.25. The van der Waals surface area contributed by atoms with Crippen molar-refractivity contribution in [2.24, 2.45) is 0 Å². The molecule has 1 aromatic rings. The Balaban J connectivity index is 2.10. The van der Waals surface area contributed by atoms with E-state index < -0.39 is 11.4 Å². The van der Waals surface area contributed by atoms with Crippen molar-refractivity contribution in [3.63, 3.8) is 0 Å². The van der Waals surface area contributed by atoms with E-state index in [0.717, 1.165) is 19.3 Å². The van der Waals surface area contributed by atoms with E-state index in [1.807, 2.05) is 6.07 Å². The maximum Gasteiger partial charge on any atom is 0.314 e. The van der Waals surface area contributed by atoms with E-state index in [2.05, 4.69) is 0 Å². The molecule has 142 valence electrons. The molecule has 0 radical (unpaired) electrons. The quantitative estimate of drug-likeness (QED) is 0.594. The molecule has 26 heavy (non-hydrogen) atoms. The van der Waals surface area contributed by atoms with Crippen LogP contribution in [-0.4, -0.2) is 30.6 Å². The summed E-state index contributed by atoms with van der Waals surface area (Å²) in [7, 11) is 0. The first-order valence-corrected chi connectivity index (χ1v) is 9.54. The summed E-state index contributed by atoms with van der Waals surface area (Å²) in [6.07, 6.45) is 4.02. The number of aliphatic carboxylic acids is 1. The highest BCUT2D eigenvalue weighted by molar-refractivity contribution is 6.42. The molecule has 0 aromatic heterocycles.